The standard InChI is InChI=1S/C16H26N6O9/c1-6(20-14(28)7(17)4-12(25)26)13(27)21-8(2-3-10(18)23)15(29)22-9(16(30)31)5-11(19)24/h6-9H,2-5,17H2,1H3,(H2,18,23)(H2,19,24)(H,20,28)(H,21,27)(H,22,29)(H,25,26)(H,30,31). The summed E-state index contributed by atoms with van der Waals surface area (Å²) < 4.78 is 0. The maximum Gasteiger partial charge on any atom is 0.326 e. The number of aliphatic carboxylic acids is 2. The lowest BCUT2D eigenvalue weighted by Crippen LogP contribution is -2.56. The minimum Gasteiger partial charge on any atom is -0.481 e. The van der Waals surface area contributed by atoms with Crippen LogP contribution in [-0.4, -0.2) is 75.9 Å². The van der Waals surface area contributed by atoms with Gasteiger partial charge >= 0.3 is 11.9 Å². The van der Waals surface area contributed by atoms with Crippen molar-refractivity contribution in [1.82, 2.24) is 16.0 Å². The Morgan fingerprint density at radius 1 is 0.774 bits per heavy atom. The van der Waals surface area contributed by atoms with E-state index in [0.717, 1.165) is 0 Å². The maximum atomic E-state index is 12.4. The lowest BCUT2D eigenvalue weighted by molar-refractivity contribution is -0.144. The summed E-state index contributed by atoms with van der Waals surface area (Å²) in [6, 6.07) is -5.81. The van der Waals surface area contributed by atoms with Crippen LogP contribution in [0.5, 0.6) is 0 Å². The van der Waals surface area contributed by atoms with Crippen LogP contribution in [0.1, 0.15) is 32.6 Å². The van der Waals surface area contributed by atoms with Crippen molar-refractivity contribution in [3.63, 3.8) is 0 Å². The molecule has 0 heterocycles. The Balaban J connectivity index is 5.21. The molecule has 0 aromatic carbocycles. The van der Waals surface area contributed by atoms with E-state index in [4.69, 9.17) is 27.4 Å². The van der Waals surface area contributed by atoms with E-state index in [0.29, 0.717) is 0 Å². The molecule has 15 heteroatoms. The van der Waals surface area contributed by atoms with Gasteiger partial charge in [-0.05, 0) is 13.3 Å². The van der Waals surface area contributed by atoms with Crippen LogP contribution in [0.4, 0.5) is 0 Å². The molecular formula is C16H26N6O9. The van der Waals surface area contributed by atoms with Gasteiger partial charge in [-0.1, -0.05) is 0 Å². The monoisotopic (exact) mass is 446 g/mol. The number of hydrogen-bond acceptors (Lipinski definition) is 8. The van der Waals surface area contributed by atoms with Gasteiger partial charge in [0.2, 0.25) is 29.5 Å². The molecule has 0 saturated carbocycles. The van der Waals surface area contributed by atoms with Gasteiger partial charge in [0.15, 0.2) is 0 Å². The topological polar surface area (TPSA) is 274 Å². The molecule has 0 fully saturated rings. The van der Waals surface area contributed by atoms with E-state index < -0.39 is 78.5 Å². The van der Waals surface area contributed by atoms with Crippen LogP contribution in [0.3, 0.4) is 0 Å². The zero-order valence-electron chi connectivity index (χ0n) is 16.6. The summed E-state index contributed by atoms with van der Waals surface area (Å²) in [5, 5.41) is 24.1. The van der Waals surface area contributed by atoms with Gasteiger partial charge in [0.25, 0.3) is 0 Å². The Hall–Kier alpha value is -3.75. The fraction of sp³-hybridized carbons (Fsp3) is 0.562. The molecule has 0 aliphatic rings. The van der Waals surface area contributed by atoms with E-state index in [1.165, 1.54) is 6.92 Å². The van der Waals surface area contributed by atoms with Crippen molar-refractivity contribution in [2.24, 2.45) is 17.2 Å². The van der Waals surface area contributed by atoms with Gasteiger partial charge in [-0.2, -0.15) is 0 Å². The lowest BCUT2D eigenvalue weighted by atomic mass is 10.1. The van der Waals surface area contributed by atoms with E-state index in [2.05, 4.69) is 10.6 Å². The second kappa shape index (κ2) is 12.7. The molecule has 5 amide bonds. The van der Waals surface area contributed by atoms with Crippen LogP contribution < -0.4 is 33.2 Å². The van der Waals surface area contributed by atoms with Crippen molar-refractivity contribution < 1.29 is 43.8 Å². The number of primary amides is 2. The molecule has 31 heavy (non-hydrogen) atoms. The maximum absolute atomic E-state index is 12.4. The number of nitrogens with one attached hydrogen (secondary N) is 3. The molecule has 4 atom stereocenters. The first kappa shape index (κ1) is 27.2. The van der Waals surface area contributed by atoms with E-state index in [1.807, 2.05) is 5.32 Å². The van der Waals surface area contributed by atoms with Crippen LogP contribution in [-0.2, 0) is 33.6 Å². The molecule has 0 saturated heterocycles. The normalized spacial score (nSPS) is 14.3. The van der Waals surface area contributed by atoms with Crippen molar-refractivity contribution >= 4 is 41.5 Å². The quantitative estimate of drug-likeness (QED) is 0.126. The summed E-state index contributed by atoms with van der Waals surface area (Å²) in [6.45, 7) is 1.22. The first-order valence-corrected chi connectivity index (χ1v) is 8.92. The molecule has 4 unspecified atom stereocenters. The Labute approximate surface area is 176 Å². The summed E-state index contributed by atoms with van der Waals surface area (Å²) in [7, 11) is 0. The summed E-state index contributed by atoms with van der Waals surface area (Å²) in [4.78, 5) is 80.3. The zero-order valence-corrected chi connectivity index (χ0v) is 16.6. The van der Waals surface area contributed by atoms with Gasteiger partial charge in [-0.3, -0.25) is 28.8 Å². The molecule has 0 aromatic rings. The van der Waals surface area contributed by atoms with Gasteiger partial charge < -0.3 is 43.4 Å². The first-order chi connectivity index (χ1) is 14.2. The van der Waals surface area contributed by atoms with Gasteiger partial charge in [0, 0.05) is 6.42 Å². The van der Waals surface area contributed by atoms with Gasteiger partial charge in [-0.25, -0.2) is 4.79 Å². The summed E-state index contributed by atoms with van der Waals surface area (Å²) in [5.74, 6) is -7.58. The van der Waals surface area contributed by atoms with Gasteiger partial charge in [0.05, 0.1) is 18.9 Å². The summed E-state index contributed by atoms with van der Waals surface area (Å²) >= 11 is 0. The molecule has 0 aliphatic carbocycles. The zero-order chi connectivity index (χ0) is 24.3. The molecular weight excluding hydrogens is 420 g/mol. The lowest BCUT2D eigenvalue weighted by Gasteiger charge is -2.23. The Kier molecular flexibility index (Phi) is 11.2. The smallest absolute Gasteiger partial charge is 0.326 e. The third kappa shape index (κ3) is 11.1. The number of hydrogen-bond donors (Lipinski definition) is 8. The number of nitrogens with two attached hydrogens (primary N) is 3. The number of carboxylic acids is 2. The Morgan fingerprint density at radius 2 is 1.32 bits per heavy atom. The average Bonchev–Trinajstić information content (AvgIpc) is 2.62. The number of carbonyl (C=O) groups is 7. The predicted molar refractivity (Wildman–Crippen MR) is 102 cm³/mol. The summed E-state index contributed by atoms with van der Waals surface area (Å²) in [6.07, 6.45) is -2.06. The first-order valence-electron chi connectivity index (χ1n) is 8.92. The minimum atomic E-state index is -1.68. The van der Waals surface area contributed by atoms with Gasteiger partial charge in [0.1, 0.15) is 18.1 Å². The molecule has 0 radical (unpaired) electrons. The molecule has 0 aromatic heterocycles. The molecule has 15 nitrogen and oxygen atoms in total. The van der Waals surface area contributed by atoms with Crippen molar-refractivity contribution in [3.05, 3.63) is 0 Å². The van der Waals surface area contributed by atoms with Crippen LogP contribution in [0.15, 0.2) is 0 Å². The van der Waals surface area contributed by atoms with Crippen molar-refractivity contribution in [2.75, 3.05) is 0 Å². The SMILES string of the molecule is CC(NC(=O)C(N)CC(=O)O)C(=O)NC(CCC(N)=O)C(=O)NC(CC(N)=O)C(=O)O. The Morgan fingerprint density at radius 3 is 1.77 bits per heavy atom. The number of carbonyl (C=O) groups excluding carboxylic acids is 5. The second-order valence-corrected chi connectivity index (χ2v) is 6.57. The van der Waals surface area contributed by atoms with E-state index in [9.17, 15) is 33.6 Å². The molecule has 174 valence electrons. The molecule has 0 rings (SSSR count). The van der Waals surface area contributed by atoms with Crippen molar-refractivity contribution in [1.29, 1.82) is 0 Å². The second-order valence-electron chi connectivity index (χ2n) is 6.57. The highest BCUT2D eigenvalue weighted by atomic mass is 16.4. The van der Waals surface area contributed by atoms with E-state index >= 15 is 0 Å². The molecule has 0 spiro atoms. The van der Waals surface area contributed by atoms with Crippen LogP contribution in [0, 0.1) is 0 Å². The number of amides is 5. The van der Waals surface area contributed by atoms with Crippen LogP contribution in [0.2, 0.25) is 0 Å². The highest BCUT2D eigenvalue weighted by Crippen LogP contribution is 2.02. The van der Waals surface area contributed by atoms with Crippen LogP contribution in [0.25, 0.3) is 0 Å². The largest absolute Gasteiger partial charge is 0.481 e. The highest BCUT2D eigenvalue weighted by Gasteiger charge is 2.30. The predicted octanol–water partition coefficient (Wildman–Crippen LogP) is -4.51. The van der Waals surface area contributed by atoms with Crippen molar-refractivity contribution in [3.8, 4) is 0 Å². The number of carboxylic acid groups (broad SMARTS) is 2. The van der Waals surface area contributed by atoms with Gasteiger partial charge in [-0.15, -0.1) is 0 Å². The third-order valence-corrected chi connectivity index (χ3v) is 3.82. The molecule has 0 bridgehead atoms. The van der Waals surface area contributed by atoms with E-state index in [-0.39, 0.29) is 12.8 Å². The van der Waals surface area contributed by atoms with E-state index in [1.54, 1.807) is 0 Å². The minimum absolute atomic E-state index is 0.311. The average molecular weight is 446 g/mol. The van der Waals surface area contributed by atoms with Crippen molar-refractivity contribution in [2.45, 2.75) is 56.8 Å². The number of rotatable bonds is 14. The molecule has 11 N–H and O–H groups in total. The molecule has 0 aliphatic heterocycles. The third-order valence-electron chi connectivity index (χ3n) is 3.82. The summed E-state index contributed by atoms with van der Waals surface area (Å²) in [5.41, 5.74) is 15.3. The fourth-order valence-corrected chi connectivity index (χ4v) is 2.19. The van der Waals surface area contributed by atoms with Crippen LogP contribution >= 0.6 is 0 Å². The highest BCUT2D eigenvalue weighted by molar-refractivity contribution is 5.95. The fourth-order valence-electron chi connectivity index (χ4n) is 2.19. The Bertz CT molecular complexity index is 741.